The van der Waals surface area contributed by atoms with E-state index in [4.69, 9.17) is 33.2 Å². The minimum atomic E-state index is -1.76. The molecule has 9 nitrogen and oxygen atoms in total. The fourth-order valence-corrected chi connectivity index (χ4v) is 6.98. The van der Waals surface area contributed by atoms with Gasteiger partial charge in [0.2, 0.25) is 11.4 Å². The molecule has 43 heavy (non-hydrogen) atoms. The minimum Gasteiger partial charge on any atom is -0.497 e. The van der Waals surface area contributed by atoms with Crippen LogP contribution in [-0.2, 0) is 24.6 Å². The van der Waals surface area contributed by atoms with Crippen molar-refractivity contribution in [3.63, 3.8) is 0 Å². The molecule has 1 N–H and O–H groups in total. The minimum absolute atomic E-state index is 0.172. The number of ether oxygens (including phenoxy) is 7. The molecule has 0 amide bonds. The fourth-order valence-electron chi connectivity index (χ4n) is 6.98. The van der Waals surface area contributed by atoms with E-state index in [0.717, 1.165) is 11.1 Å². The number of fused-ring (bicyclic) bond motifs is 4. The molecular formula is C34H32O9. The lowest BCUT2D eigenvalue weighted by molar-refractivity contribution is -0.309. The van der Waals surface area contributed by atoms with Crippen LogP contribution in [0.15, 0.2) is 84.7 Å². The lowest BCUT2D eigenvalue weighted by atomic mass is 9.70. The van der Waals surface area contributed by atoms with Gasteiger partial charge in [0.05, 0.1) is 38.6 Å². The van der Waals surface area contributed by atoms with Gasteiger partial charge in [-0.1, -0.05) is 72.8 Å². The van der Waals surface area contributed by atoms with Crippen LogP contribution in [0, 0.1) is 5.92 Å². The Labute approximate surface area is 249 Å². The maximum absolute atomic E-state index is 13.7. The van der Waals surface area contributed by atoms with Gasteiger partial charge < -0.3 is 38.3 Å². The molecule has 0 saturated carbocycles. The Morgan fingerprint density at radius 1 is 0.837 bits per heavy atom. The molecule has 7 rings (SSSR count). The van der Waals surface area contributed by atoms with E-state index in [2.05, 4.69) is 0 Å². The Bertz CT molecular complexity index is 1630. The number of rotatable bonds is 6. The van der Waals surface area contributed by atoms with Gasteiger partial charge in [-0.3, -0.25) is 4.79 Å². The predicted molar refractivity (Wildman–Crippen MR) is 154 cm³/mol. The van der Waals surface area contributed by atoms with E-state index in [1.807, 2.05) is 66.7 Å². The summed E-state index contributed by atoms with van der Waals surface area (Å²) in [5.41, 5.74) is 0.865. The molecular weight excluding hydrogens is 552 g/mol. The summed E-state index contributed by atoms with van der Waals surface area (Å²) in [6, 6.07) is 19.3. The zero-order valence-electron chi connectivity index (χ0n) is 24.2. The molecule has 6 atom stereocenters. The lowest BCUT2D eigenvalue weighted by Crippen LogP contribution is -2.65. The molecule has 0 aromatic heterocycles. The first-order chi connectivity index (χ1) is 20.9. The van der Waals surface area contributed by atoms with Crippen molar-refractivity contribution in [3.05, 3.63) is 107 Å². The van der Waals surface area contributed by atoms with Crippen molar-refractivity contribution in [1.82, 2.24) is 0 Å². The van der Waals surface area contributed by atoms with Crippen LogP contribution in [0.2, 0.25) is 0 Å². The van der Waals surface area contributed by atoms with Crippen LogP contribution >= 0.6 is 0 Å². The highest BCUT2D eigenvalue weighted by Crippen LogP contribution is 2.69. The zero-order valence-corrected chi connectivity index (χ0v) is 24.2. The molecule has 3 aromatic rings. The van der Waals surface area contributed by atoms with Gasteiger partial charge in [0.1, 0.15) is 29.6 Å². The summed E-state index contributed by atoms with van der Waals surface area (Å²) in [4.78, 5) is 13.7. The molecule has 4 aliphatic rings. The summed E-state index contributed by atoms with van der Waals surface area (Å²) in [5.74, 6) is -1.76. The predicted octanol–water partition coefficient (Wildman–Crippen LogP) is 5.25. The van der Waals surface area contributed by atoms with Gasteiger partial charge >= 0.3 is 0 Å². The number of aliphatic hydroxyl groups is 1. The van der Waals surface area contributed by atoms with E-state index in [0.29, 0.717) is 11.1 Å². The highest BCUT2D eigenvalue weighted by molar-refractivity contribution is 5.97. The van der Waals surface area contributed by atoms with Gasteiger partial charge in [-0.2, -0.15) is 0 Å². The zero-order chi connectivity index (χ0) is 29.9. The summed E-state index contributed by atoms with van der Waals surface area (Å²) < 4.78 is 44.5. The van der Waals surface area contributed by atoms with Crippen molar-refractivity contribution in [2.24, 2.45) is 5.92 Å². The molecule has 0 saturated heterocycles. The fraction of sp³-hybridized carbons (Fsp3) is 0.324. The molecule has 222 valence electrons. The van der Waals surface area contributed by atoms with E-state index in [1.165, 1.54) is 34.5 Å². The molecule has 3 aromatic carbocycles. The molecule has 1 aliphatic carbocycles. The molecule has 0 bridgehead atoms. The summed E-state index contributed by atoms with van der Waals surface area (Å²) in [7, 11) is 5.97. The van der Waals surface area contributed by atoms with Crippen LogP contribution in [0.5, 0.6) is 23.0 Å². The van der Waals surface area contributed by atoms with E-state index in [1.54, 1.807) is 6.08 Å². The summed E-state index contributed by atoms with van der Waals surface area (Å²) in [6.07, 6.45) is 3.22. The highest BCUT2D eigenvalue weighted by Gasteiger charge is 2.75. The average Bonchev–Trinajstić information content (AvgIpc) is 3.34. The van der Waals surface area contributed by atoms with Gasteiger partial charge in [-0.15, -0.1) is 0 Å². The van der Waals surface area contributed by atoms with Crippen LogP contribution in [0.3, 0.4) is 0 Å². The van der Waals surface area contributed by atoms with E-state index in [9.17, 15) is 9.90 Å². The van der Waals surface area contributed by atoms with Crippen LogP contribution in [0.4, 0.5) is 0 Å². The second kappa shape index (κ2) is 10.2. The van der Waals surface area contributed by atoms with Crippen molar-refractivity contribution in [2.45, 2.75) is 36.1 Å². The molecule has 3 heterocycles. The Kier molecular flexibility index (Phi) is 6.50. The molecule has 0 fully saturated rings. The van der Waals surface area contributed by atoms with Crippen molar-refractivity contribution < 1.29 is 43.1 Å². The number of aliphatic hydroxyl groups excluding tert-OH is 1. The summed E-state index contributed by atoms with van der Waals surface area (Å²) in [6.45, 7) is 0. The van der Waals surface area contributed by atoms with Crippen LogP contribution in [0.1, 0.15) is 47.0 Å². The smallest absolute Gasteiger partial charge is 0.266 e. The quantitative estimate of drug-likeness (QED) is 0.390. The second-order valence-electron chi connectivity index (χ2n) is 10.9. The van der Waals surface area contributed by atoms with E-state index >= 15 is 0 Å². The molecule has 1 unspecified atom stereocenters. The number of carbonyl (C=O) groups excluding carboxylic acids is 1. The number of hydrogen-bond donors (Lipinski definition) is 1. The first-order valence-corrected chi connectivity index (χ1v) is 14.1. The average molecular weight is 585 g/mol. The maximum atomic E-state index is 13.7. The highest BCUT2D eigenvalue weighted by atomic mass is 16.7. The van der Waals surface area contributed by atoms with E-state index < -0.39 is 35.6 Å². The van der Waals surface area contributed by atoms with Crippen molar-refractivity contribution in [3.8, 4) is 23.0 Å². The third kappa shape index (κ3) is 3.65. The number of ketones is 1. The monoisotopic (exact) mass is 584 g/mol. The summed E-state index contributed by atoms with van der Waals surface area (Å²) in [5, 5.41) is 11.8. The number of methoxy groups -OCH3 is 4. The van der Waals surface area contributed by atoms with Crippen LogP contribution < -0.4 is 18.9 Å². The molecule has 0 radical (unpaired) electrons. The lowest BCUT2D eigenvalue weighted by Gasteiger charge is -2.50. The van der Waals surface area contributed by atoms with Gasteiger partial charge in [-0.05, 0) is 11.1 Å². The standard InChI is InChI=1S/C34H32O9/c1-37-26-18-22(35)21-15-16-24(19-11-7-5-8-12-19)42-34(21)33(26,40-4)28-29(43-34)27-23(36)17-25(20-13-9-6-10-14-20)41-30(27)32(39-3)31(28)38-2/h5-16,18,21,23-25,36H,17H2,1-4H3/t21?,23-,24+,25+,33-,34+/m1/s1. The van der Waals surface area contributed by atoms with Crippen molar-refractivity contribution in [2.75, 3.05) is 28.4 Å². The maximum Gasteiger partial charge on any atom is 0.266 e. The molecule has 3 aliphatic heterocycles. The summed E-state index contributed by atoms with van der Waals surface area (Å²) >= 11 is 0. The second-order valence-corrected chi connectivity index (χ2v) is 10.9. The Morgan fingerprint density at radius 2 is 1.51 bits per heavy atom. The van der Waals surface area contributed by atoms with Gasteiger partial charge in [0.15, 0.2) is 17.3 Å². The Morgan fingerprint density at radius 3 is 2.14 bits per heavy atom. The third-order valence-corrected chi connectivity index (χ3v) is 8.83. The van der Waals surface area contributed by atoms with Gasteiger partial charge in [0, 0.05) is 19.6 Å². The third-order valence-electron chi connectivity index (χ3n) is 8.83. The number of hydrogen-bond acceptors (Lipinski definition) is 9. The van der Waals surface area contributed by atoms with Gasteiger partial charge in [0.25, 0.3) is 5.79 Å². The van der Waals surface area contributed by atoms with Crippen molar-refractivity contribution >= 4 is 5.78 Å². The topological polar surface area (TPSA) is 102 Å². The van der Waals surface area contributed by atoms with Gasteiger partial charge in [-0.25, -0.2) is 0 Å². The normalized spacial score (nSPS) is 30.1. The largest absolute Gasteiger partial charge is 0.497 e. The number of carbonyl (C=O) groups is 1. The molecule has 9 heteroatoms. The van der Waals surface area contributed by atoms with Crippen LogP contribution in [0.25, 0.3) is 0 Å². The van der Waals surface area contributed by atoms with E-state index in [-0.39, 0.29) is 41.0 Å². The number of allylic oxidation sites excluding steroid dienone is 1. The Hall–Kier alpha value is -4.31. The first-order valence-electron chi connectivity index (χ1n) is 14.1. The van der Waals surface area contributed by atoms with Crippen molar-refractivity contribution in [1.29, 1.82) is 0 Å². The van der Waals surface area contributed by atoms with Crippen LogP contribution in [-0.4, -0.2) is 45.1 Å². The number of benzene rings is 3. The molecule has 1 spiro atoms. The first kappa shape index (κ1) is 27.5. The Balaban J connectivity index is 1.50. The SMILES string of the molecule is COC1=CC(=O)C2C=C[C@@H](c3ccccc3)O[C@]23Oc2c4c(c(OC)c(OC)c2[C@]13OC)O[C@H](c1ccccc1)C[C@H]4O.